The number of aromatic nitrogens is 2. The lowest BCUT2D eigenvalue weighted by molar-refractivity contribution is 0.102. The summed E-state index contributed by atoms with van der Waals surface area (Å²) in [7, 11) is 0. The van der Waals surface area contributed by atoms with E-state index >= 15 is 0 Å². The van der Waals surface area contributed by atoms with Crippen molar-refractivity contribution in [3.63, 3.8) is 0 Å². The Balaban J connectivity index is 1.39. The highest BCUT2D eigenvalue weighted by Gasteiger charge is 2.14. The molecule has 0 unspecified atom stereocenters. The number of carbonyl (C=O) groups is 1. The van der Waals surface area contributed by atoms with Crippen LogP contribution in [0, 0.1) is 13.8 Å². The summed E-state index contributed by atoms with van der Waals surface area (Å²) in [5.41, 5.74) is 4.46. The fourth-order valence-electron chi connectivity index (χ4n) is 3.50. The molecule has 1 heterocycles. The highest BCUT2D eigenvalue weighted by Crippen LogP contribution is 2.25. The van der Waals surface area contributed by atoms with Gasteiger partial charge in [0.15, 0.2) is 5.82 Å². The van der Waals surface area contributed by atoms with Gasteiger partial charge in [-0.3, -0.25) is 9.48 Å². The van der Waals surface area contributed by atoms with Gasteiger partial charge >= 0.3 is 0 Å². The van der Waals surface area contributed by atoms with Gasteiger partial charge in [-0.2, -0.15) is 5.10 Å². The smallest absolute Gasteiger partial charge is 0.256 e. The van der Waals surface area contributed by atoms with Crippen LogP contribution in [0.1, 0.15) is 32.6 Å². The number of halogens is 3. The number of rotatable bonds is 7. The molecular formula is C26H22Cl3N3O2. The van der Waals surface area contributed by atoms with Crippen molar-refractivity contribution in [3.8, 4) is 5.75 Å². The molecule has 0 aliphatic rings. The zero-order chi connectivity index (χ0) is 24.2. The first-order chi connectivity index (χ1) is 16.3. The molecule has 0 aliphatic heterocycles. The molecule has 0 saturated carbocycles. The van der Waals surface area contributed by atoms with Gasteiger partial charge in [-0.25, -0.2) is 0 Å². The first-order valence-corrected chi connectivity index (χ1v) is 11.7. The molecule has 4 rings (SSSR count). The molecular weight excluding hydrogens is 493 g/mol. The van der Waals surface area contributed by atoms with Crippen LogP contribution in [-0.4, -0.2) is 15.7 Å². The molecule has 1 aromatic heterocycles. The Hall–Kier alpha value is -2.99. The quantitative estimate of drug-likeness (QED) is 0.281. The number of hydrogen-bond acceptors (Lipinski definition) is 3. The monoisotopic (exact) mass is 513 g/mol. The van der Waals surface area contributed by atoms with Crippen LogP contribution < -0.4 is 10.1 Å². The van der Waals surface area contributed by atoms with Gasteiger partial charge in [-0.15, -0.1) is 0 Å². The van der Waals surface area contributed by atoms with Crippen LogP contribution in [0.3, 0.4) is 0 Å². The van der Waals surface area contributed by atoms with Crippen molar-refractivity contribution >= 4 is 46.5 Å². The lowest BCUT2D eigenvalue weighted by Crippen LogP contribution is -2.13. The van der Waals surface area contributed by atoms with Gasteiger partial charge in [-0.05, 0) is 60.4 Å². The Morgan fingerprint density at radius 1 is 0.971 bits per heavy atom. The molecule has 5 nitrogen and oxygen atoms in total. The van der Waals surface area contributed by atoms with Gasteiger partial charge in [-0.1, -0.05) is 71.2 Å². The maximum absolute atomic E-state index is 12.7. The van der Waals surface area contributed by atoms with Gasteiger partial charge in [0, 0.05) is 21.8 Å². The Morgan fingerprint density at radius 3 is 2.35 bits per heavy atom. The number of aryl methyl sites for hydroxylation is 2. The van der Waals surface area contributed by atoms with E-state index in [2.05, 4.69) is 10.4 Å². The van der Waals surface area contributed by atoms with Crippen molar-refractivity contribution in [1.29, 1.82) is 0 Å². The third kappa shape index (κ3) is 5.73. The molecule has 34 heavy (non-hydrogen) atoms. The summed E-state index contributed by atoms with van der Waals surface area (Å²) in [4.78, 5) is 12.7. The number of amides is 1. The van der Waals surface area contributed by atoms with Crippen LogP contribution in [0.15, 0.2) is 66.9 Å². The molecule has 0 bridgehead atoms. The molecule has 0 atom stereocenters. The van der Waals surface area contributed by atoms with E-state index in [4.69, 9.17) is 39.5 Å². The molecule has 4 aromatic rings. The first kappa shape index (κ1) is 24.1. The normalized spacial score (nSPS) is 10.9. The zero-order valence-corrected chi connectivity index (χ0v) is 20.9. The van der Waals surface area contributed by atoms with Gasteiger partial charge in [0.2, 0.25) is 0 Å². The second-order valence-corrected chi connectivity index (χ2v) is 9.17. The third-order valence-electron chi connectivity index (χ3n) is 5.30. The Bertz CT molecular complexity index is 1310. The fraction of sp³-hybridized carbons (Fsp3) is 0.154. The second kappa shape index (κ2) is 10.5. The minimum Gasteiger partial charge on any atom is -0.488 e. The molecule has 0 radical (unpaired) electrons. The Labute approximate surface area is 213 Å². The minimum atomic E-state index is -0.307. The van der Waals surface area contributed by atoms with E-state index in [0.29, 0.717) is 33.8 Å². The molecule has 1 amide bonds. The summed E-state index contributed by atoms with van der Waals surface area (Å²) in [6, 6.07) is 18.5. The van der Waals surface area contributed by atoms with Crippen LogP contribution in [0.25, 0.3) is 0 Å². The molecule has 8 heteroatoms. The Morgan fingerprint density at radius 2 is 1.68 bits per heavy atom. The maximum Gasteiger partial charge on any atom is 0.256 e. The number of nitrogens with one attached hydrogen (secondary N) is 1. The third-order valence-corrected chi connectivity index (χ3v) is 6.17. The van der Waals surface area contributed by atoms with Crippen molar-refractivity contribution in [3.05, 3.63) is 110 Å². The standard InChI is InChI=1S/C26H22Cl3N3O2/c1-16-4-3-5-17(2)24(16)34-15-18-6-8-19(9-7-18)26(33)30-25-23(29)14-32(31-25)13-20-10-11-21(27)12-22(20)28/h3-12,14H,13,15H2,1-2H3,(H,30,31,33). The van der Waals surface area contributed by atoms with E-state index < -0.39 is 0 Å². The Kier molecular flexibility index (Phi) is 7.47. The number of benzene rings is 3. The van der Waals surface area contributed by atoms with Gasteiger partial charge in [0.25, 0.3) is 5.91 Å². The van der Waals surface area contributed by atoms with Crippen molar-refractivity contribution in [2.75, 3.05) is 5.32 Å². The molecule has 0 spiro atoms. The summed E-state index contributed by atoms with van der Waals surface area (Å²) in [5.74, 6) is 0.854. The molecule has 3 aromatic carbocycles. The summed E-state index contributed by atoms with van der Waals surface area (Å²) >= 11 is 18.5. The van der Waals surface area contributed by atoms with Crippen LogP contribution in [0.4, 0.5) is 5.82 Å². The highest BCUT2D eigenvalue weighted by atomic mass is 35.5. The minimum absolute atomic E-state index is 0.277. The lowest BCUT2D eigenvalue weighted by atomic mass is 10.1. The number of carbonyl (C=O) groups excluding carboxylic acids is 1. The van der Waals surface area contributed by atoms with Crippen LogP contribution in [-0.2, 0) is 13.2 Å². The fourth-order valence-corrected chi connectivity index (χ4v) is 4.17. The number of hydrogen-bond donors (Lipinski definition) is 1. The maximum atomic E-state index is 12.7. The average Bonchev–Trinajstić information content (AvgIpc) is 3.14. The van der Waals surface area contributed by atoms with Crippen molar-refractivity contribution in [2.24, 2.45) is 0 Å². The predicted molar refractivity (Wildman–Crippen MR) is 137 cm³/mol. The van der Waals surface area contributed by atoms with Crippen LogP contribution in [0.5, 0.6) is 5.75 Å². The summed E-state index contributed by atoms with van der Waals surface area (Å²) < 4.78 is 7.60. The number of nitrogens with zero attached hydrogens (tertiary/aromatic N) is 2. The predicted octanol–water partition coefficient (Wildman–Crippen LogP) is 7.34. The number of ether oxygens (including phenoxy) is 1. The lowest BCUT2D eigenvalue weighted by Gasteiger charge is -2.12. The SMILES string of the molecule is Cc1cccc(C)c1OCc1ccc(C(=O)Nc2nn(Cc3ccc(Cl)cc3Cl)cc2Cl)cc1. The molecule has 1 N–H and O–H groups in total. The summed E-state index contributed by atoms with van der Waals surface area (Å²) in [6.45, 7) is 4.84. The second-order valence-electron chi connectivity index (χ2n) is 7.92. The number of anilines is 1. The molecule has 174 valence electrons. The van der Waals surface area contributed by atoms with Crippen molar-refractivity contribution < 1.29 is 9.53 Å². The zero-order valence-electron chi connectivity index (χ0n) is 18.6. The van der Waals surface area contributed by atoms with Gasteiger partial charge in [0.1, 0.15) is 17.4 Å². The molecule has 0 saturated heterocycles. The number of para-hydroxylation sites is 1. The van der Waals surface area contributed by atoms with Crippen LogP contribution in [0.2, 0.25) is 15.1 Å². The largest absolute Gasteiger partial charge is 0.488 e. The van der Waals surface area contributed by atoms with E-state index in [0.717, 1.165) is 28.0 Å². The van der Waals surface area contributed by atoms with E-state index in [1.165, 1.54) is 0 Å². The summed E-state index contributed by atoms with van der Waals surface area (Å²) in [6.07, 6.45) is 1.64. The van der Waals surface area contributed by atoms with E-state index in [9.17, 15) is 4.79 Å². The van der Waals surface area contributed by atoms with Crippen molar-refractivity contribution in [1.82, 2.24) is 9.78 Å². The highest BCUT2D eigenvalue weighted by molar-refractivity contribution is 6.35. The summed E-state index contributed by atoms with van der Waals surface area (Å²) in [5, 5.41) is 8.56. The topological polar surface area (TPSA) is 56.1 Å². The van der Waals surface area contributed by atoms with E-state index in [1.54, 1.807) is 35.1 Å². The van der Waals surface area contributed by atoms with Crippen molar-refractivity contribution in [2.45, 2.75) is 27.0 Å². The van der Waals surface area contributed by atoms with E-state index in [1.807, 2.05) is 50.2 Å². The first-order valence-electron chi connectivity index (χ1n) is 10.6. The molecule has 0 aliphatic carbocycles. The molecule has 0 fully saturated rings. The van der Waals surface area contributed by atoms with Crippen LogP contribution >= 0.6 is 34.8 Å². The van der Waals surface area contributed by atoms with E-state index in [-0.39, 0.29) is 11.7 Å². The van der Waals surface area contributed by atoms with Gasteiger partial charge in [0.05, 0.1) is 6.54 Å². The van der Waals surface area contributed by atoms with Gasteiger partial charge < -0.3 is 10.1 Å². The average molecular weight is 515 g/mol.